The number of benzene rings is 3. The van der Waals surface area contributed by atoms with E-state index in [4.69, 9.17) is 15.7 Å². The van der Waals surface area contributed by atoms with Gasteiger partial charge < -0.3 is 15.8 Å². The molecule has 4 rings (SSSR count). The lowest BCUT2D eigenvalue weighted by Gasteiger charge is -2.13. The molecule has 1 heterocycles. The highest BCUT2D eigenvalue weighted by atomic mass is 32.2. The number of amides is 2. The predicted octanol–water partition coefficient (Wildman–Crippen LogP) is 4.26. The number of hydrogen-bond acceptors (Lipinski definition) is 9. The first-order chi connectivity index (χ1) is 20.1. The quantitative estimate of drug-likeness (QED) is 0.120. The summed E-state index contributed by atoms with van der Waals surface area (Å²) in [4.78, 5) is 33.0. The molecule has 0 saturated heterocycles. The molecule has 0 unspecified atom stereocenters. The van der Waals surface area contributed by atoms with E-state index in [0.29, 0.717) is 22.7 Å². The van der Waals surface area contributed by atoms with E-state index in [1.807, 2.05) is 12.1 Å². The Hall–Kier alpha value is -5.07. The van der Waals surface area contributed by atoms with Crippen LogP contribution in [0.25, 0.3) is 17.3 Å². The molecule has 0 bridgehead atoms. The Bertz CT molecular complexity index is 1720. The van der Waals surface area contributed by atoms with Crippen molar-refractivity contribution in [3.63, 3.8) is 0 Å². The van der Waals surface area contributed by atoms with Crippen LogP contribution in [0.3, 0.4) is 0 Å². The number of nitrogens with zero attached hydrogens (tertiary/aromatic N) is 2. The van der Waals surface area contributed by atoms with Gasteiger partial charge in [0.05, 0.1) is 27.7 Å². The number of sulfone groups is 1. The molecule has 1 aromatic heterocycles. The SMILES string of the molecule is CC(C)S(=O)(=O)c1ccc(-c2cnc(N)c(C(=O)Nc3ccccc3OCc3ccc(/C=C/C(=O)NO)cc3)n2)cc1. The normalized spacial score (nSPS) is 11.4. The van der Waals surface area contributed by atoms with Gasteiger partial charge in [0.1, 0.15) is 12.4 Å². The summed E-state index contributed by atoms with van der Waals surface area (Å²) in [5.41, 5.74) is 10.3. The largest absolute Gasteiger partial charge is 0.487 e. The van der Waals surface area contributed by atoms with Crippen LogP contribution in [0.2, 0.25) is 0 Å². The van der Waals surface area contributed by atoms with E-state index < -0.39 is 26.9 Å². The summed E-state index contributed by atoms with van der Waals surface area (Å²) in [6.45, 7) is 3.43. The van der Waals surface area contributed by atoms with Crippen molar-refractivity contribution in [2.24, 2.45) is 0 Å². The van der Waals surface area contributed by atoms with E-state index in [1.165, 1.54) is 29.9 Å². The van der Waals surface area contributed by atoms with Gasteiger partial charge in [0.25, 0.3) is 11.8 Å². The number of carbonyl (C=O) groups excluding carboxylic acids is 2. The number of nitrogens with two attached hydrogens (primary N) is 1. The zero-order chi connectivity index (χ0) is 30.3. The van der Waals surface area contributed by atoms with Gasteiger partial charge in [0, 0.05) is 11.6 Å². The number of hydrogen-bond donors (Lipinski definition) is 4. The highest BCUT2D eigenvalue weighted by Crippen LogP contribution is 2.27. The summed E-state index contributed by atoms with van der Waals surface area (Å²) in [7, 11) is -3.43. The van der Waals surface area contributed by atoms with Gasteiger partial charge in [-0.2, -0.15) is 0 Å². The number of nitrogen functional groups attached to an aromatic ring is 1. The molecule has 11 nitrogen and oxygen atoms in total. The first kappa shape index (κ1) is 29.9. The Balaban J connectivity index is 1.47. The summed E-state index contributed by atoms with van der Waals surface area (Å²) >= 11 is 0. The van der Waals surface area contributed by atoms with Gasteiger partial charge in [-0.15, -0.1) is 0 Å². The summed E-state index contributed by atoms with van der Waals surface area (Å²) in [5, 5.41) is 10.8. The van der Waals surface area contributed by atoms with Crippen molar-refractivity contribution in [2.75, 3.05) is 11.1 Å². The Morgan fingerprint density at radius 1 is 1.02 bits per heavy atom. The van der Waals surface area contributed by atoms with Crippen molar-refractivity contribution in [1.82, 2.24) is 15.4 Å². The van der Waals surface area contributed by atoms with Crippen LogP contribution in [0, 0.1) is 0 Å². The molecule has 3 aromatic carbocycles. The number of anilines is 2. The summed E-state index contributed by atoms with van der Waals surface area (Å²) in [6, 6.07) is 20.3. The minimum Gasteiger partial charge on any atom is -0.487 e. The van der Waals surface area contributed by atoms with Crippen LogP contribution in [0.4, 0.5) is 11.5 Å². The molecule has 5 N–H and O–H groups in total. The molecule has 2 amide bonds. The van der Waals surface area contributed by atoms with Gasteiger partial charge >= 0.3 is 0 Å². The lowest BCUT2D eigenvalue weighted by atomic mass is 10.1. The van der Waals surface area contributed by atoms with E-state index in [2.05, 4.69) is 15.3 Å². The van der Waals surface area contributed by atoms with Crippen LogP contribution in [0.15, 0.2) is 90.0 Å². The topological polar surface area (TPSA) is 174 Å². The van der Waals surface area contributed by atoms with Gasteiger partial charge in [0.2, 0.25) is 0 Å². The maximum Gasteiger partial charge on any atom is 0.278 e. The van der Waals surface area contributed by atoms with Gasteiger partial charge in [-0.05, 0) is 55.3 Å². The van der Waals surface area contributed by atoms with Crippen molar-refractivity contribution in [2.45, 2.75) is 30.6 Å². The maximum absolute atomic E-state index is 13.2. The highest BCUT2D eigenvalue weighted by molar-refractivity contribution is 7.92. The molecular formula is C30H29N5O6S. The monoisotopic (exact) mass is 587 g/mol. The number of ether oxygens (including phenoxy) is 1. The van der Waals surface area contributed by atoms with E-state index in [1.54, 1.807) is 68.5 Å². The summed E-state index contributed by atoms with van der Waals surface area (Å²) in [5.74, 6) is -0.882. The van der Waals surface area contributed by atoms with E-state index in [-0.39, 0.29) is 23.0 Å². The molecule has 0 saturated carbocycles. The maximum atomic E-state index is 13.2. The van der Waals surface area contributed by atoms with Crippen LogP contribution in [-0.2, 0) is 21.2 Å². The fourth-order valence-corrected chi connectivity index (χ4v) is 4.82. The molecule has 216 valence electrons. The van der Waals surface area contributed by atoms with Crippen molar-refractivity contribution in [3.8, 4) is 17.0 Å². The van der Waals surface area contributed by atoms with Crippen LogP contribution in [-0.4, -0.2) is 40.7 Å². The molecule has 0 spiro atoms. The fraction of sp³-hybridized carbons (Fsp3) is 0.133. The lowest BCUT2D eigenvalue weighted by molar-refractivity contribution is -0.124. The second-order valence-corrected chi connectivity index (χ2v) is 11.9. The van der Waals surface area contributed by atoms with Crippen LogP contribution in [0.1, 0.15) is 35.5 Å². The van der Waals surface area contributed by atoms with Crippen molar-refractivity contribution < 1.29 is 28.0 Å². The molecule has 0 aliphatic carbocycles. The van der Waals surface area contributed by atoms with Gasteiger partial charge in [-0.3, -0.25) is 14.8 Å². The van der Waals surface area contributed by atoms with Crippen molar-refractivity contribution >= 4 is 39.2 Å². The van der Waals surface area contributed by atoms with Gasteiger partial charge in [-0.25, -0.2) is 23.9 Å². The predicted molar refractivity (Wildman–Crippen MR) is 158 cm³/mol. The fourth-order valence-electron chi connectivity index (χ4n) is 3.76. The number of hydroxylamine groups is 1. The molecule has 0 fully saturated rings. The van der Waals surface area contributed by atoms with E-state index in [9.17, 15) is 18.0 Å². The third kappa shape index (κ3) is 7.16. The van der Waals surface area contributed by atoms with Crippen LogP contribution in [0.5, 0.6) is 5.75 Å². The minimum absolute atomic E-state index is 0.0701. The highest BCUT2D eigenvalue weighted by Gasteiger charge is 2.20. The first-order valence-electron chi connectivity index (χ1n) is 12.8. The van der Waals surface area contributed by atoms with Crippen molar-refractivity contribution in [1.29, 1.82) is 0 Å². The van der Waals surface area contributed by atoms with E-state index >= 15 is 0 Å². The second-order valence-electron chi connectivity index (χ2n) is 9.40. The number of carbonyl (C=O) groups is 2. The molecule has 42 heavy (non-hydrogen) atoms. The Labute approximate surface area is 243 Å². The van der Waals surface area contributed by atoms with E-state index in [0.717, 1.165) is 11.1 Å². The van der Waals surface area contributed by atoms with Crippen LogP contribution >= 0.6 is 0 Å². The third-order valence-electron chi connectivity index (χ3n) is 6.16. The lowest BCUT2D eigenvalue weighted by Crippen LogP contribution is -2.18. The number of para-hydroxylation sites is 2. The average molecular weight is 588 g/mol. The number of nitrogens with one attached hydrogen (secondary N) is 2. The summed E-state index contributed by atoms with van der Waals surface area (Å²) in [6.07, 6.45) is 4.17. The average Bonchev–Trinajstić information content (AvgIpc) is 3.00. The number of aromatic nitrogens is 2. The Kier molecular flexibility index (Phi) is 9.30. The zero-order valence-corrected chi connectivity index (χ0v) is 23.6. The molecule has 0 radical (unpaired) electrons. The van der Waals surface area contributed by atoms with Crippen LogP contribution < -0.4 is 21.3 Å². The molecule has 0 aliphatic heterocycles. The second kappa shape index (κ2) is 13.1. The zero-order valence-electron chi connectivity index (χ0n) is 22.8. The van der Waals surface area contributed by atoms with Crippen molar-refractivity contribution in [3.05, 3.63) is 102 Å². The molecule has 12 heteroatoms. The standard InChI is InChI=1S/C30H29N5O6S/c1-19(2)42(39,40)23-14-12-22(13-15-23)25-17-32-29(31)28(33-25)30(37)34-24-5-3-4-6-26(24)41-18-21-9-7-20(8-10-21)11-16-27(36)35-38/h3-17,19,38H,18H2,1-2H3,(H2,31,32)(H,34,37)(H,35,36)/b16-11+. The first-order valence-corrected chi connectivity index (χ1v) is 14.3. The Morgan fingerprint density at radius 2 is 1.71 bits per heavy atom. The number of rotatable bonds is 10. The third-order valence-corrected chi connectivity index (χ3v) is 8.33. The summed E-state index contributed by atoms with van der Waals surface area (Å²) < 4.78 is 30.8. The minimum atomic E-state index is -3.43. The molecular weight excluding hydrogens is 558 g/mol. The molecule has 4 aromatic rings. The smallest absolute Gasteiger partial charge is 0.278 e. The molecule has 0 atom stereocenters. The Morgan fingerprint density at radius 3 is 2.38 bits per heavy atom. The molecule has 0 aliphatic rings. The van der Waals surface area contributed by atoms with Gasteiger partial charge in [0.15, 0.2) is 21.3 Å². The van der Waals surface area contributed by atoms with Gasteiger partial charge in [-0.1, -0.05) is 48.5 Å².